The third kappa shape index (κ3) is 3.06. The van der Waals surface area contributed by atoms with Gasteiger partial charge in [-0.25, -0.2) is 0 Å². The predicted octanol–water partition coefficient (Wildman–Crippen LogP) is 3.53. The molecule has 57 valence electrons. The van der Waals surface area contributed by atoms with E-state index in [1.54, 1.807) is 0 Å². The van der Waals surface area contributed by atoms with Crippen molar-refractivity contribution in [1.29, 1.82) is 0 Å². The fraction of sp³-hybridized carbons (Fsp3) is 0.100. The van der Waals surface area contributed by atoms with Crippen LogP contribution >= 0.6 is 22.6 Å². The van der Waals surface area contributed by atoms with Crippen molar-refractivity contribution >= 4 is 28.7 Å². The second kappa shape index (κ2) is 4.54. The summed E-state index contributed by atoms with van der Waals surface area (Å²) in [5, 5.41) is 0. The first kappa shape index (κ1) is 8.78. The summed E-state index contributed by atoms with van der Waals surface area (Å²) < 4.78 is 1.27. The Morgan fingerprint density at radius 2 is 1.91 bits per heavy atom. The number of hydrogen-bond donors (Lipinski definition) is 0. The van der Waals surface area contributed by atoms with Crippen LogP contribution in [0.4, 0.5) is 0 Å². The Kier molecular flexibility index (Phi) is 3.63. The quantitative estimate of drug-likeness (QED) is 0.711. The van der Waals surface area contributed by atoms with Gasteiger partial charge in [-0.3, -0.25) is 0 Å². The molecule has 0 N–H and O–H groups in total. The summed E-state index contributed by atoms with van der Waals surface area (Å²) in [5.74, 6) is 0. The molecule has 1 aromatic rings. The van der Waals surface area contributed by atoms with E-state index in [0.29, 0.717) is 0 Å². The van der Waals surface area contributed by atoms with Gasteiger partial charge in [-0.05, 0) is 53.6 Å². The van der Waals surface area contributed by atoms with E-state index in [1.165, 1.54) is 9.13 Å². The second-order valence-corrected chi connectivity index (χ2v) is 3.49. The topological polar surface area (TPSA) is 0 Å². The van der Waals surface area contributed by atoms with Crippen LogP contribution in [-0.2, 0) is 0 Å². The van der Waals surface area contributed by atoms with E-state index < -0.39 is 0 Å². The molecule has 0 spiro atoms. The van der Waals surface area contributed by atoms with E-state index in [4.69, 9.17) is 0 Å². The van der Waals surface area contributed by atoms with Crippen molar-refractivity contribution in [1.82, 2.24) is 0 Å². The molecule has 0 atom stereocenters. The van der Waals surface area contributed by atoms with Crippen LogP contribution in [0.5, 0.6) is 0 Å². The number of rotatable bonds is 2. The molecule has 0 aliphatic carbocycles. The van der Waals surface area contributed by atoms with E-state index in [2.05, 4.69) is 65.9 Å². The molecular weight excluding hydrogens is 247 g/mol. The summed E-state index contributed by atoms with van der Waals surface area (Å²) in [4.78, 5) is 0. The Hall–Kier alpha value is -0.310. The summed E-state index contributed by atoms with van der Waals surface area (Å²) in [5.41, 5.74) is 1.24. The molecule has 1 heteroatoms. The highest BCUT2D eigenvalue weighted by Gasteiger charge is 1.85. The molecule has 1 aromatic carbocycles. The van der Waals surface area contributed by atoms with Crippen LogP contribution in [0.25, 0.3) is 6.08 Å². The summed E-state index contributed by atoms with van der Waals surface area (Å²) in [6.07, 6.45) is 5.00. The van der Waals surface area contributed by atoms with Crippen molar-refractivity contribution in [2.75, 3.05) is 0 Å². The fourth-order valence-corrected chi connectivity index (χ4v) is 1.15. The lowest BCUT2D eigenvalue weighted by Gasteiger charge is -1.92. The molecule has 0 aliphatic heterocycles. The Morgan fingerprint density at radius 3 is 2.45 bits per heavy atom. The fourth-order valence-electron chi connectivity index (χ4n) is 0.793. The Morgan fingerprint density at radius 1 is 1.27 bits per heavy atom. The Bertz CT molecular complexity index is 234. The van der Waals surface area contributed by atoms with Gasteiger partial charge < -0.3 is 0 Å². The SMILES string of the molecule is [CH2]CC=Cc1ccc(I)cc1. The van der Waals surface area contributed by atoms with Crippen LogP contribution in [-0.4, -0.2) is 0 Å². The van der Waals surface area contributed by atoms with Gasteiger partial charge in [0.2, 0.25) is 0 Å². The number of halogens is 1. The Balaban J connectivity index is 2.73. The first-order valence-electron chi connectivity index (χ1n) is 3.54. The molecule has 0 unspecified atom stereocenters. The van der Waals surface area contributed by atoms with E-state index in [0.717, 1.165) is 6.42 Å². The van der Waals surface area contributed by atoms with Gasteiger partial charge in [0.05, 0.1) is 0 Å². The monoisotopic (exact) mass is 257 g/mol. The summed E-state index contributed by atoms with van der Waals surface area (Å²) in [6, 6.07) is 8.41. The highest BCUT2D eigenvalue weighted by molar-refractivity contribution is 14.1. The van der Waals surface area contributed by atoms with Gasteiger partial charge in [0.1, 0.15) is 0 Å². The van der Waals surface area contributed by atoms with Crippen LogP contribution in [0.2, 0.25) is 0 Å². The lowest BCUT2D eigenvalue weighted by molar-refractivity contribution is 1.41. The molecule has 0 saturated heterocycles. The molecule has 0 amide bonds. The maximum Gasteiger partial charge on any atom is 0.0130 e. The normalized spacial score (nSPS) is 10.7. The van der Waals surface area contributed by atoms with Crippen molar-refractivity contribution in [2.45, 2.75) is 6.42 Å². The Labute approximate surface area is 81.5 Å². The molecule has 0 nitrogen and oxygen atoms in total. The minimum absolute atomic E-state index is 0.853. The molecule has 0 aromatic heterocycles. The highest BCUT2D eigenvalue weighted by Crippen LogP contribution is 2.08. The lowest BCUT2D eigenvalue weighted by atomic mass is 10.2. The zero-order valence-corrected chi connectivity index (χ0v) is 8.41. The minimum Gasteiger partial charge on any atom is -0.0839 e. The maximum atomic E-state index is 3.73. The van der Waals surface area contributed by atoms with Gasteiger partial charge >= 0.3 is 0 Å². The molecular formula is C10H10I. The second-order valence-electron chi connectivity index (χ2n) is 2.24. The summed E-state index contributed by atoms with van der Waals surface area (Å²) in [7, 11) is 0. The molecule has 0 bridgehead atoms. The standard InChI is InChI=1S/C10H10I/c1-2-3-4-9-5-7-10(11)8-6-9/h3-8H,1-2H2. The first-order valence-corrected chi connectivity index (χ1v) is 4.62. The largest absolute Gasteiger partial charge is 0.0839 e. The predicted molar refractivity (Wildman–Crippen MR) is 58.2 cm³/mol. The molecule has 11 heavy (non-hydrogen) atoms. The molecule has 0 saturated carbocycles. The van der Waals surface area contributed by atoms with Crippen LogP contribution in [0.3, 0.4) is 0 Å². The zero-order chi connectivity index (χ0) is 8.10. The van der Waals surface area contributed by atoms with Crippen LogP contribution in [0, 0.1) is 10.5 Å². The summed E-state index contributed by atoms with van der Waals surface area (Å²) in [6.45, 7) is 3.73. The molecule has 0 heterocycles. The van der Waals surface area contributed by atoms with Gasteiger partial charge in [0.15, 0.2) is 0 Å². The van der Waals surface area contributed by atoms with E-state index >= 15 is 0 Å². The minimum atomic E-state index is 0.853. The summed E-state index contributed by atoms with van der Waals surface area (Å²) >= 11 is 2.30. The number of benzene rings is 1. The van der Waals surface area contributed by atoms with E-state index in [1.807, 2.05) is 0 Å². The molecule has 0 fully saturated rings. The van der Waals surface area contributed by atoms with Crippen LogP contribution in [0.15, 0.2) is 30.3 Å². The van der Waals surface area contributed by atoms with Gasteiger partial charge in [-0.2, -0.15) is 0 Å². The average molecular weight is 257 g/mol. The lowest BCUT2D eigenvalue weighted by Crippen LogP contribution is -1.72. The van der Waals surface area contributed by atoms with Crippen LogP contribution in [0.1, 0.15) is 12.0 Å². The van der Waals surface area contributed by atoms with Crippen LogP contribution < -0.4 is 0 Å². The highest BCUT2D eigenvalue weighted by atomic mass is 127. The molecule has 1 rings (SSSR count). The third-order valence-electron chi connectivity index (χ3n) is 1.35. The van der Waals surface area contributed by atoms with Gasteiger partial charge in [-0.15, -0.1) is 0 Å². The maximum absolute atomic E-state index is 3.73. The van der Waals surface area contributed by atoms with Crippen molar-refractivity contribution in [3.05, 3.63) is 46.4 Å². The van der Waals surface area contributed by atoms with E-state index in [-0.39, 0.29) is 0 Å². The number of allylic oxidation sites excluding steroid dienone is 1. The van der Waals surface area contributed by atoms with Crippen molar-refractivity contribution in [2.24, 2.45) is 0 Å². The smallest absolute Gasteiger partial charge is 0.0130 e. The zero-order valence-electron chi connectivity index (χ0n) is 6.26. The van der Waals surface area contributed by atoms with Gasteiger partial charge in [0.25, 0.3) is 0 Å². The number of hydrogen-bond acceptors (Lipinski definition) is 0. The third-order valence-corrected chi connectivity index (χ3v) is 2.07. The van der Waals surface area contributed by atoms with Crippen molar-refractivity contribution in [3.63, 3.8) is 0 Å². The molecule has 1 radical (unpaired) electrons. The van der Waals surface area contributed by atoms with Gasteiger partial charge in [-0.1, -0.05) is 24.3 Å². The average Bonchev–Trinajstić information content (AvgIpc) is 2.04. The first-order chi connectivity index (χ1) is 5.33. The van der Waals surface area contributed by atoms with Crippen molar-refractivity contribution < 1.29 is 0 Å². The van der Waals surface area contributed by atoms with Crippen molar-refractivity contribution in [3.8, 4) is 0 Å². The van der Waals surface area contributed by atoms with Gasteiger partial charge in [0, 0.05) is 3.57 Å². The van der Waals surface area contributed by atoms with E-state index in [9.17, 15) is 0 Å². The molecule has 0 aliphatic rings.